The van der Waals surface area contributed by atoms with Crippen molar-refractivity contribution in [3.63, 3.8) is 0 Å². The summed E-state index contributed by atoms with van der Waals surface area (Å²) in [5.41, 5.74) is -0.620. The Bertz CT molecular complexity index is 392. The predicted octanol–water partition coefficient (Wildman–Crippen LogP) is 2.33. The molecule has 20 heavy (non-hydrogen) atoms. The third kappa shape index (κ3) is 2.57. The van der Waals surface area contributed by atoms with E-state index < -0.39 is 5.54 Å². The maximum absolute atomic E-state index is 12.7. The van der Waals surface area contributed by atoms with Crippen molar-refractivity contribution in [2.24, 2.45) is 11.8 Å². The summed E-state index contributed by atoms with van der Waals surface area (Å²) in [6.07, 6.45) is 5.01. The third-order valence-corrected chi connectivity index (χ3v) is 4.95. The van der Waals surface area contributed by atoms with Crippen molar-refractivity contribution in [3.8, 4) is 0 Å². The molecular weight excluding hydrogens is 252 g/mol. The van der Waals surface area contributed by atoms with Crippen molar-refractivity contribution in [3.05, 3.63) is 0 Å². The average molecular weight is 280 g/mol. The lowest BCUT2D eigenvalue weighted by Gasteiger charge is -2.47. The van der Waals surface area contributed by atoms with Crippen LogP contribution in [0, 0.1) is 11.8 Å². The van der Waals surface area contributed by atoms with E-state index in [0.717, 1.165) is 25.7 Å². The highest BCUT2D eigenvalue weighted by Crippen LogP contribution is 2.45. The van der Waals surface area contributed by atoms with Gasteiger partial charge in [-0.2, -0.15) is 0 Å². The van der Waals surface area contributed by atoms with Gasteiger partial charge in [0.15, 0.2) is 0 Å². The first-order valence-electron chi connectivity index (χ1n) is 8.07. The van der Waals surface area contributed by atoms with Gasteiger partial charge in [-0.1, -0.05) is 27.2 Å². The maximum Gasteiger partial charge on any atom is 0.246 e. The second-order valence-electron chi connectivity index (χ2n) is 6.70. The number of carbonyl (C=O) groups is 2. The number of carbonyl (C=O) groups excluding carboxylic acids is 2. The monoisotopic (exact) mass is 280 g/mol. The van der Waals surface area contributed by atoms with E-state index in [9.17, 15) is 9.59 Å². The molecule has 4 nitrogen and oxygen atoms in total. The number of nitrogens with one attached hydrogen (secondary N) is 1. The quantitative estimate of drug-likeness (QED) is 0.812. The van der Waals surface area contributed by atoms with Crippen molar-refractivity contribution in [2.75, 3.05) is 6.54 Å². The first-order chi connectivity index (χ1) is 9.44. The standard InChI is InChI=1S/C16H28N2O2/c1-5-7-11(3)10-18-14(19)13(6-2)17-15(20)16(18,4)12-8-9-12/h11-13H,5-10H2,1-4H3,(H,17,20). The van der Waals surface area contributed by atoms with E-state index in [1.807, 2.05) is 18.7 Å². The van der Waals surface area contributed by atoms with Gasteiger partial charge < -0.3 is 10.2 Å². The van der Waals surface area contributed by atoms with Crippen LogP contribution in [0.4, 0.5) is 0 Å². The summed E-state index contributed by atoms with van der Waals surface area (Å²) in [6.45, 7) is 8.97. The minimum atomic E-state index is -0.620. The summed E-state index contributed by atoms with van der Waals surface area (Å²) in [7, 11) is 0. The highest BCUT2D eigenvalue weighted by molar-refractivity contribution is 6.00. The summed E-state index contributed by atoms with van der Waals surface area (Å²) >= 11 is 0. The summed E-state index contributed by atoms with van der Waals surface area (Å²) in [4.78, 5) is 27.2. The van der Waals surface area contributed by atoms with Gasteiger partial charge in [0.05, 0.1) is 0 Å². The fraction of sp³-hybridized carbons (Fsp3) is 0.875. The molecule has 0 aromatic heterocycles. The molecule has 1 N–H and O–H groups in total. The van der Waals surface area contributed by atoms with Gasteiger partial charge in [-0.25, -0.2) is 0 Å². The van der Waals surface area contributed by atoms with Gasteiger partial charge >= 0.3 is 0 Å². The summed E-state index contributed by atoms with van der Waals surface area (Å²) in [5, 5.41) is 2.93. The van der Waals surface area contributed by atoms with Gasteiger partial charge in [0.1, 0.15) is 11.6 Å². The Morgan fingerprint density at radius 3 is 2.50 bits per heavy atom. The Morgan fingerprint density at radius 2 is 2.00 bits per heavy atom. The zero-order valence-electron chi connectivity index (χ0n) is 13.2. The Hall–Kier alpha value is -1.06. The van der Waals surface area contributed by atoms with Gasteiger partial charge in [0, 0.05) is 6.54 Å². The van der Waals surface area contributed by atoms with Crippen molar-refractivity contribution in [1.29, 1.82) is 0 Å². The fourth-order valence-electron chi connectivity index (χ4n) is 3.41. The van der Waals surface area contributed by atoms with Gasteiger partial charge in [0.2, 0.25) is 11.8 Å². The molecule has 4 heteroatoms. The molecule has 0 aromatic carbocycles. The van der Waals surface area contributed by atoms with E-state index in [1.165, 1.54) is 0 Å². The number of amides is 2. The molecule has 2 aliphatic rings. The number of nitrogens with zero attached hydrogens (tertiary/aromatic N) is 1. The van der Waals surface area contributed by atoms with E-state index in [2.05, 4.69) is 19.2 Å². The molecule has 0 radical (unpaired) electrons. The van der Waals surface area contributed by atoms with E-state index >= 15 is 0 Å². The number of hydrogen-bond donors (Lipinski definition) is 1. The molecule has 0 aromatic rings. The van der Waals surface area contributed by atoms with E-state index in [1.54, 1.807) is 0 Å². The predicted molar refractivity (Wildman–Crippen MR) is 79.1 cm³/mol. The van der Waals surface area contributed by atoms with Crippen LogP contribution in [0.2, 0.25) is 0 Å². The summed E-state index contributed by atoms with van der Waals surface area (Å²) < 4.78 is 0. The molecule has 114 valence electrons. The summed E-state index contributed by atoms with van der Waals surface area (Å²) in [6, 6.07) is -0.330. The minimum Gasteiger partial charge on any atom is -0.342 e. The fourth-order valence-corrected chi connectivity index (χ4v) is 3.41. The number of rotatable bonds is 6. The Labute approximate surface area is 122 Å². The van der Waals surface area contributed by atoms with Gasteiger partial charge in [0.25, 0.3) is 0 Å². The zero-order valence-corrected chi connectivity index (χ0v) is 13.2. The minimum absolute atomic E-state index is 0.0511. The average Bonchev–Trinajstić information content (AvgIpc) is 3.24. The van der Waals surface area contributed by atoms with Crippen molar-refractivity contribution < 1.29 is 9.59 Å². The lowest BCUT2D eigenvalue weighted by Crippen LogP contribution is -2.70. The van der Waals surface area contributed by atoms with Crippen molar-refractivity contribution >= 4 is 11.8 Å². The van der Waals surface area contributed by atoms with E-state index in [4.69, 9.17) is 0 Å². The second-order valence-corrected chi connectivity index (χ2v) is 6.70. The van der Waals surface area contributed by atoms with Crippen molar-refractivity contribution in [2.45, 2.75) is 71.4 Å². The SMILES string of the molecule is CCCC(C)CN1C(=O)C(CC)NC(=O)C1(C)C1CC1. The van der Waals surface area contributed by atoms with Gasteiger partial charge in [-0.3, -0.25) is 9.59 Å². The largest absolute Gasteiger partial charge is 0.342 e. The molecule has 1 saturated carbocycles. The van der Waals surface area contributed by atoms with Crippen LogP contribution in [-0.4, -0.2) is 34.8 Å². The van der Waals surface area contributed by atoms with Crippen molar-refractivity contribution in [1.82, 2.24) is 10.2 Å². The normalized spacial score (nSPS) is 32.2. The van der Waals surface area contributed by atoms with Crippen LogP contribution >= 0.6 is 0 Å². The smallest absolute Gasteiger partial charge is 0.246 e. The molecule has 2 amide bonds. The van der Waals surface area contributed by atoms with Crippen LogP contribution in [0.3, 0.4) is 0 Å². The molecule has 0 spiro atoms. The number of hydrogen-bond acceptors (Lipinski definition) is 2. The van der Waals surface area contributed by atoms with E-state index in [0.29, 0.717) is 24.8 Å². The highest BCUT2D eigenvalue weighted by Gasteiger charge is 2.56. The second kappa shape index (κ2) is 5.74. The van der Waals surface area contributed by atoms with E-state index in [-0.39, 0.29) is 17.9 Å². The zero-order chi connectivity index (χ0) is 14.9. The van der Waals surface area contributed by atoms with Crippen LogP contribution in [0.1, 0.15) is 59.8 Å². The molecule has 0 bridgehead atoms. The molecule has 1 saturated heterocycles. The lowest BCUT2D eigenvalue weighted by molar-refractivity contribution is -0.159. The number of piperazine rings is 1. The van der Waals surface area contributed by atoms with Gasteiger partial charge in [-0.05, 0) is 44.4 Å². The first-order valence-corrected chi connectivity index (χ1v) is 8.07. The Balaban J connectivity index is 2.23. The third-order valence-electron chi connectivity index (χ3n) is 4.95. The van der Waals surface area contributed by atoms with Crippen LogP contribution in [0.25, 0.3) is 0 Å². The molecule has 3 atom stereocenters. The van der Waals surface area contributed by atoms with Gasteiger partial charge in [-0.15, -0.1) is 0 Å². The van der Waals surface area contributed by atoms with Crippen LogP contribution < -0.4 is 5.32 Å². The van der Waals surface area contributed by atoms with Crippen LogP contribution in [0.5, 0.6) is 0 Å². The van der Waals surface area contributed by atoms with Crippen LogP contribution in [-0.2, 0) is 9.59 Å². The lowest BCUT2D eigenvalue weighted by atomic mass is 9.86. The molecule has 2 rings (SSSR count). The Kier molecular flexibility index (Phi) is 4.40. The van der Waals surface area contributed by atoms with Crippen LogP contribution in [0.15, 0.2) is 0 Å². The molecule has 2 fully saturated rings. The summed E-state index contributed by atoms with van der Waals surface area (Å²) in [5.74, 6) is 0.961. The Morgan fingerprint density at radius 1 is 1.35 bits per heavy atom. The maximum atomic E-state index is 12.7. The molecule has 1 aliphatic heterocycles. The highest BCUT2D eigenvalue weighted by atomic mass is 16.2. The molecule has 1 aliphatic carbocycles. The molecule has 3 unspecified atom stereocenters. The molecular formula is C16H28N2O2. The first kappa shape index (κ1) is 15.3. The topological polar surface area (TPSA) is 49.4 Å². The molecule has 1 heterocycles.